The van der Waals surface area contributed by atoms with Gasteiger partial charge in [-0.2, -0.15) is 0 Å². The fraction of sp³-hybridized carbons (Fsp3) is 0.348. The summed E-state index contributed by atoms with van der Waals surface area (Å²) in [6, 6.07) is 11.0. The largest absolute Gasteiger partial charge is 0.353 e. The van der Waals surface area contributed by atoms with E-state index in [-0.39, 0.29) is 11.9 Å². The van der Waals surface area contributed by atoms with Crippen molar-refractivity contribution in [2.45, 2.75) is 51.1 Å². The maximum atomic E-state index is 12.6. The first-order valence-electron chi connectivity index (χ1n) is 10.3. The topological polar surface area (TPSA) is 64.2 Å². The number of pyridine rings is 2. The summed E-state index contributed by atoms with van der Waals surface area (Å²) in [6.07, 6.45) is 12.2. The summed E-state index contributed by atoms with van der Waals surface area (Å²) in [5.74, 6) is 1.13. The summed E-state index contributed by atoms with van der Waals surface area (Å²) in [5.41, 5.74) is 4.15. The van der Waals surface area contributed by atoms with Crippen molar-refractivity contribution in [3.63, 3.8) is 0 Å². The maximum Gasteiger partial charge on any atom is 0.226 e. The smallest absolute Gasteiger partial charge is 0.226 e. The molecular weight excluding hydrogens is 362 g/mol. The van der Waals surface area contributed by atoms with Crippen LogP contribution < -0.4 is 5.32 Å². The van der Waals surface area contributed by atoms with Crippen LogP contribution in [0.5, 0.6) is 0 Å². The molecule has 1 fully saturated rings. The molecule has 0 radical (unpaired) electrons. The van der Waals surface area contributed by atoms with E-state index in [0.29, 0.717) is 12.5 Å². The molecule has 2 aliphatic heterocycles. The maximum absolute atomic E-state index is 12.6. The number of hydrogen-bond donors (Lipinski definition) is 1. The Balaban J connectivity index is 1.20. The van der Waals surface area contributed by atoms with Gasteiger partial charge in [0, 0.05) is 42.4 Å². The first-order valence-corrected chi connectivity index (χ1v) is 10.3. The minimum absolute atomic E-state index is 0.0733. The normalized spacial score (nSPS) is 19.6. The average Bonchev–Trinajstić information content (AvgIpc) is 3.36. The predicted molar refractivity (Wildman–Crippen MR) is 112 cm³/mol. The Morgan fingerprint density at radius 3 is 2.79 bits per heavy atom. The molecule has 2 aromatic heterocycles. The lowest BCUT2D eigenvalue weighted by Gasteiger charge is -2.31. The molecular formula is C23H25N5O. The van der Waals surface area contributed by atoms with Crippen LogP contribution >= 0.6 is 0 Å². The minimum Gasteiger partial charge on any atom is -0.353 e. The number of aryl methyl sites for hydroxylation is 1. The Morgan fingerprint density at radius 2 is 1.93 bits per heavy atom. The molecule has 3 aliphatic rings. The fourth-order valence-electron chi connectivity index (χ4n) is 4.56. The summed E-state index contributed by atoms with van der Waals surface area (Å²) in [7, 11) is 0. The van der Waals surface area contributed by atoms with Crippen LogP contribution in [0.1, 0.15) is 43.0 Å². The minimum atomic E-state index is 0.0733. The van der Waals surface area contributed by atoms with Gasteiger partial charge in [-0.3, -0.25) is 4.79 Å². The molecule has 1 amide bonds. The van der Waals surface area contributed by atoms with Crippen molar-refractivity contribution < 1.29 is 4.79 Å². The van der Waals surface area contributed by atoms with Crippen molar-refractivity contribution in [2.24, 2.45) is 0 Å². The highest BCUT2D eigenvalue weighted by Crippen LogP contribution is 2.32. The average molecular weight is 387 g/mol. The van der Waals surface area contributed by atoms with Gasteiger partial charge in [0.15, 0.2) is 0 Å². The van der Waals surface area contributed by atoms with Crippen molar-refractivity contribution in [3.05, 3.63) is 66.4 Å². The highest BCUT2D eigenvalue weighted by molar-refractivity contribution is 5.78. The van der Waals surface area contributed by atoms with Gasteiger partial charge in [-0.25, -0.2) is 9.97 Å². The molecule has 0 aromatic carbocycles. The number of rotatable bonds is 4. The number of nitrogens with one attached hydrogen (secondary N) is 1. The fourth-order valence-corrected chi connectivity index (χ4v) is 4.56. The van der Waals surface area contributed by atoms with Crippen LogP contribution in [0.4, 0.5) is 0 Å². The third-order valence-electron chi connectivity index (χ3n) is 6.08. The van der Waals surface area contributed by atoms with E-state index in [0.717, 1.165) is 48.4 Å². The second-order valence-electron chi connectivity index (χ2n) is 8.02. The summed E-state index contributed by atoms with van der Waals surface area (Å²) in [6.45, 7) is 2.04. The van der Waals surface area contributed by atoms with Gasteiger partial charge >= 0.3 is 0 Å². The zero-order valence-electron chi connectivity index (χ0n) is 16.6. The molecule has 6 nitrogen and oxygen atoms in total. The van der Waals surface area contributed by atoms with Crippen LogP contribution in [-0.2, 0) is 11.2 Å². The lowest BCUT2D eigenvalue weighted by atomic mass is 9.90. The van der Waals surface area contributed by atoms with Gasteiger partial charge in [0.2, 0.25) is 5.91 Å². The number of hydrogen-bond acceptors (Lipinski definition) is 3. The second kappa shape index (κ2) is 7.35. The molecule has 0 spiro atoms. The molecule has 1 saturated carbocycles. The number of aromatic nitrogens is 4. The molecule has 29 heavy (non-hydrogen) atoms. The zero-order valence-corrected chi connectivity index (χ0v) is 16.6. The van der Waals surface area contributed by atoms with Crippen molar-refractivity contribution in [3.8, 4) is 11.4 Å². The quantitative estimate of drug-likeness (QED) is 0.579. The van der Waals surface area contributed by atoms with E-state index in [2.05, 4.69) is 44.2 Å². The van der Waals surface area contributed by atoms with Crippen LogP contribution in [0.2, 0.25) is 0 Å². The standard InChI is InChI=1S/C23H25N5O/c1-16-4-2-12-28-20(15-25-22(16)28)14-21(29)26-18-6-8-19(9-7-18)27-13-3-5-17-10-11-24-23(17)27/h2-5,10-13,15,18-19H,6-9,14H2,1H3,(H,26,29). The Bertz CT molecular complexity index is 1120. The van der Waals surface area contributed by atoms with Gasteiger partial charge in [-0.15, -0.1) is 0 Å². The Kier molecular flexibility index (Phi) is 4.54. The van der Waals surface area contributed by atoms with E-state index >= 15 is 0 Å². The van der Waals surface area contributed by atoms with Gasteiger partial charge in [0.1, 0.15) is 11.5 Å². The monoisotopic (exact) mass is 387 g/mol. The second-order valence-corrected chi connectivity index (χ2v) is 8.02. The van der Waals surface area contributed by atoms with Crippen LogP contribution in [0, 0.1) is 6.92 Å². The summed E-state index contributed by atoms with van der Waals surface area (Å²) in [5, 5.41) is 3.24. The third kappa shape index (κ3) is 3.39. The lowest BCUT2D eigenvalue weighted by Crippen LogP contribution is -2.39. The number of amides is 1. The van der Waals surface area contributed by atoms with Crippen molar-refractivity contribution in [1.82, 2.24) is 24.3 Å². The number of imidazole rings is 1. The molecule has 148 valence electrons. The molecule has 4 heterocycles. The van der Waals surface area contributed by atoms with E-state index in [4.69, 9.17) is 0 Å². The number of carbonyl (C=O) groups is 1. The zero-order chi connectivity index (χ0) is 19.8. The van der Waals surface area contributed by atoms with Crippen LogP contribution in [0.15, 0.2) is 55.1 Å². The van der Waals surface area contributed by atoms with Crippen molar-refractivity contribution >= 4 is 11.6 Å². The number of fused-ring (bicyclic) bond motifs is 2. The van der Waals surface area contributed by atoms with E-state index in [1.54, 1.807) is 0 Å². The molecule has 2 aromatic rings. The molecule has 5 rings (SSSR count). The number of carbonyl (C=O) groups excluding carboxylic acids is 1. The van der Waals surface area contributed by atoms with Gasteiger partial charge < -0.3 is 14.3 Å². The van der Waals surface area contributed by atoms with E-state index in [1.807, 2.05) is 42.0 Å². The highest BCUT2D eigenvalue weighted by atomic mass is 16.1. The molecule has 0 saturated heterocycles. The van der Waals surface area contributed by atoms with E-state index in [1.165, 1.54) is 5.56 Å². The van der Waals surface area contributed by atoms with Crippen LogP contribution in [0.3, 0.4) is 0 Å². The molecule has 0 bridgehead atoms. The first kappa shape index (κ1) is 17.9. The SMILES string of the molecule is Cc1cccn2c(CC(=O)NC3CCC(n4cccc5ccnc4-5)CC3)cnc12. The van der Waals surface area contributed by atoms with E-state index < -0.39 is 0 Å². The van der Waals surface area contributed by atoms with Crippen molar-refractivity contribution in [1.29, 1.82) is 0 Å². The summed E-state index contributed by atoms with van der Waals surface area (Å²) in [4.78, 5) is 21.6. The molecule has 0 unspecified atom stereocenters. The van der Waals surface area contributed by atoms with Gasteiger partial charge in [-0.1, -0.05) is 6.07 Å². The van der Waals surface area contributed by atoms with Gasteiger partial charge in [0.05, 0.1) is 12.1 Å². The van der Waals surface area contributed by atoms with E-state index in [9.17, 15) is 4.79 Å². The molecule has 1 aliphatic carbocycles. The molecule has 6 heteroatoms. The van der Waals surface area contributed by atoms with Crippen LogP contribution in [-0.4, -0.2) is 30.9 Å². The lowest BCUT2D eigenvalue weighted by molar-refractivity contribution is -0.121. The highest BCUT2D eigenvalue weighted by Gasteiger charge is 2.25. The van der Waals surface area contributed by atoms with Gasteiger partial charge in [-0.05, 0) is 62.4 Å². The first-order chi connectivity index (χ1) is 14.2. The summed E-state index contributed by atoms with van der Waals surface area (Å²) < 4.78 is 4.31. The Hall–Kier alpha value is -3.15. The molecule has 0 atom stereocenters. The third-order valence-corrected chi connectivity index (χ3v) is 6.08. The van der Waals surface area contributed by atoms with Gasteiger partial charge in [0.25, 0.3) is 0 Å². The van der Waals surface area contributed by atoms with Crippen molar-refractivity contribution in [2.75, 3.05) is 0 Å². The predicted octanol–water partition coefficient (Wildman–Crippen LogP) is 3.79. The number of nitrogens with zero attached hydrogens (tertiary/aromatic N) is 4. The summed E-state index contributed by atoms with van der Waals surface area (Å²) >= 11 is 0. The van der Waals surface area contributed by atoms with Crippen LogP contribution in [0.25, 0.3) is 17.0 Å². The Morgan fingerprint density at radius 1 is 1.10 bits per heavy atom. The Labute approximate surface area is 169 Å². The molecule has 1 N–H and O–H groups in total.